The molecule has 0 radical (unpaired) electrons. The Morgan fingerprint density at radius 1 is 1.43 bits per heavy atom. The summed E-state index contributed by atoms with van der Waals surface area (Å²) in [7, 11) is 1.38. The number of amides is 2. The Hall–Kier alpha value is -1.15. The highest BCUT2D eigenvalue weighted by atomic mass is 35.5. The van der Waals surface area contributed by atoms with Gasteiger partial charge in [0.05, 0.1) is 5.69 Å². The van der Waals surface area contributed by atoms with Gasteiger partial charge < -0.3 is 5.32 Å². The highest BCUT2D eigenvalue weighted by molar-refractivity contribution is 8.00. The SMILES string of the molecule is CNC(=O)N(CCCCl)c1ccc(SC(F)(F)F)cc1F. The average molecular weight is 345 g/mol. The monoisotopic (exact) mass is 344 g/mol. The summed E-state index contributed by atoms with van der Waals surface area (Å²) in [5.41, 5.74) is -4.58. The molecule has 0 spiro atoms. The number of carbonyl (C=O) groups is 1. The molecule has 1 aromatic carbocycles. The zero-order chi connectivity index (χ0) is 16.0. The Morgan fingerprint density at radius 2 is 2.10 bits per heavy atom. The van der Waals surface area contributed by atoms with Crippen LogP contribution in [0.5, 0.6) is 0 Å². The molecule has 0 aromatic heterocycles. The van der Waals surface area contributed by atoms with Crippen molar-refractivity contribution < 1.29 is 22.4 Å². The first-order valence-electron chi connectivity index (χ1n) is 5.89. The molecule has 1 N–H and O–H groups in total. The molecule has 0 unspecified atom stereocenters. The molecule has 0 aliphatic rings. The van der Waals surface area contributed by atoms with Crippen LogP contribution in [0.1, 0.15) is 6.42 Å². The van der Waals surface area contributed by atoms with Crippen molar-refractivity contribution in [1.29, 1.82) is 0 Å². The Bertz CT molecular complexity index is 499. The standard InChI is InChI=1S/C12H13ClF4N2OS/c1-18-11(20)19(6-2-5-13)10-4-3-8(7-9(10)14)21-12(15,16)17/h3-4,7H,2,5-6H2,1H3,(H,18,20). The van der Waals surface area contributed by atoms with Gasteiger partial charge in [-0.25, -0.2) is 9.18 Å². The van der Waals surface area contributed by atoms with Crippen molar-refractivity contribution in [3.8, 4) is 0 Å². The quantitative estimate of drug-likeness (QED) is 0.493. The molecule has 0 bridgehead atoms. The first kappa shape index (κ1) is 17.9. The third-order valence-electron chi connectivity index (χ3n) is 2.42. The van der Waals surface area contributed by atoms with Crippen LogP contribution in [0.3, 0.4) is 0 Å². The van der Waals surface area contributed by atoms with Gasteiger partial charge in [-0.1, -0.05) is 0 Å². The third kappa shape index (κ3) is 5.62. The minimum absolute atomic E-state index is 0.0917. The number of benzene rings is 1. The molecule has 118 valence electrons. The van der Waals surface area contributed by atoms with Crippen LogP contribution in [-0.2, 0) is 0 Å². The number of carbonyl (C=O) groups excluding carboxylic acids is 1. The maximum absolute atomic E-state index is 14.0. The summed E-state index contributed by atoms with van der Waals surface area (Å²) >= 11 is 5.13. The van der Waals surface area contributed by atoms with E-state index in [2.05, 4.69) is 5.32 Å². The summed E-state index contributed by atoms with van der Waals surface area (Å²) in [6.45, 7) is 0.159. The van der Waals surface area contributed by atoms with E-state index in [1.165, 1.54) is 7.05 Å². The number of anilines is 1. The van der Waals surface area contributed by atoms with Gasteiger partial charge in [-0.15, -0.1) is 11.6 Å². The Kier molecular flexibility index (Phi) is 6.60. The largest absolute Gasteiger partial charge is 0.446 e. The predicted octanol–water partition coefficient (Wildman–Crippen LogP) is 4.21. The van der Waals surface area contributed by atoms with Gasteiger partial charge in [-0.05, 0) is 36.4 Å². The second-order valence-electron chi connectivity index (χ2n) is 3.91. The van der Waals surface area contributed by atoms with E-state index in [1.807, 2.05) is 0 Å². The van der Waals surface area contributed by atoms with Crippen LogP contribution in [0, 0.1) is 5.82 Å². The molecule has 9 heteroatoms. The summed E-state index contributed by atoms with van der Waals surface area (Å²) in [5.74, 6) is -0.626. The summed E-state index contributed by atoms with van der Waals surface area (Å²) in [6.07, 6.45) is 0.424. The third-order valence-corrected chi connectivity index (χ3v) is 3.41. The van der Waals surface area contributed by atoms with Gasteiger partial charge in [-0.3, -0.25) is 4.90 Å². The van der Waals surface area contributed by atoms with Gasteiger partial charge in [0, 0.05) is 24.4 Å². The fourth-order valence-electron chi connectivity index (χ4n) is 1.59. The predicted molar refractivity (Wildman–Crippen MR) is 75.5 cm³/mol. The van der Waals surface area contributed by atoms with Crippen molar-refractivity contribution in [3.05, 3.63) is 24.0 Å². The molecule has 0 aliphatic heterocycles. The lowest BCUT2D eigenvalue weighted by Crippen LogP contribution is -2.39. The van der Waals surface area contributed by atoms with Crippen molar-refractivity contribution in [2.24, 2.45) is 0 Å². The molecule has 0 saturated carbocycles. The van der Waals surface area contributed by atoms with Crippen LogP contribution in [0.2, 0.25) is 0 Å². The highest BCUT2D eigenvalue weighted by Gasteiger charge is 2.30. The maximum atomic E-state index is 14.0. The van der Waals surface area contributed by atoms with Crippen LogP contribution in [0.4, 0.5) is 28.0 Å². The van der Waals surface area contributed by atoms with E-state index in [-0.39, 0.29) is 23.0 Å². The Balaban J connectivity index is 3.01. The number of nitrogens with zero attached hydrogens (tertiary/aromatic N) is 1. The van der Waals surface area contributed by atoms with Crippen LogP contribution in [-0.4, -0.2) is 31.0 Å². The second-order valence-corrected chi connectivity index (χ2v) is 5.43. The molecule has 0 atom stereocenters. The minimum Gasteiger partial charge on any atom is -0.341 e. The molecular formula is C12H13ClF4N2OS. The van der Waals surface area contributed by atoms with Gasteiger partial charge in [0.25, 0.3) is 0 Å². The molecule has 0 aliphatic carbocycles. The van der Waals surface area contributed by atoms with Crippen molar-refractivity contribution in [1.82, 2.24) is 5.32 Å². The van der Waals surface area contributed by atoms with Crippen LogP contribution >= 0.6 is 23.4 Å². The number of alkyl halides is 4. The molecule has 1 rings (SSSR count). The number of hydrogen-bond acceptors (Lipinski definition) is 2. The van der Waals surface area contributed by atoms with E-state index in [9.17, 15) is 22.4 Å². The summed E-state index contributed by atoms with van der Waals surface area (Å²) < 4.78 is 50.7. The summed E-state index contributed by atoms with van der Waals surface area (Å²) in [5, 5.41) is 2.34. The number of halogens is 5. The summed E-state index contributed by atoms with van der Waals surface area (Å²) in [6, 6.07) is 2.46. The lowest BCUT2D eigenvalue weighted by atomic mass is 10.2. The van der Waals surface area contributed by atoms with Crippen LogP contribution < -0.4 is 10.2 Å². The topological polar surface area (TPSA) is 32.3 Å². The molecular weight excluding hydrogens is 332 g/mol. The van der Waals surface area contributed by atoms with Gasteiger partial charge in [-0.2, -0.15) is 13.2 Å². The normalized spacial score (nSPS) is 11.3. The molecule has 0 saturated heterocycles. The highest BCUT2D eigenvalue weighted by Crippen LogP contribution is 2.38. The number of nitrogens with one attached hydrogen (secondary N) is 1. The van der Waals surface area contributed by atoms with E-state index in [0.717, 1.165) is 23.1 Å². The van der Waals surface area contributed by atoms with E-state index < -0.39 is 29.1 Å². The maximum Gasteiger partial charge on any atom is 0.446 e. The van der Waals surface area contributed by atoms with Crippen molar-refractivity contribution in [3.63, 3.8) is 0 Å². The van der Waals surface area contributed by atoms with Crippen molar-refractivity contribution in [2.45, 2.75) is 16.8 Å². The first-order valence-corrected chi connectivity index (χ1v) is 7.24. The minimum atomic E-state index is -4.49. The zero-order valence-corrected chi connectivity index (χ0v) is 12.6. The molecule has 0 heterocycles. The number of rotatable bonds is 5. The lowest BCUT2D eigenvalue weighted by Gasteiger charge is -2.22. The number of hydrogen-bond donors (Lipinski definition) is 1. The molecule has 21 heavy (non-hydrogen) atoms. The van der Waals surface area contributed by atoms with Gasteiger partial charge >= 0.3 is 11.5 Å². The van der Waals surface area contributed by atoms with E-state index in [1.54, 1.807) is 0 Å². The van der Waals surface area contributed by atoms with Crippen molar-refractivity contribution in [2.75, 3.05) is 24.4 Å². The van der Waals surface area contributed by atoms with E-state index in [4.69, 9.17) is 11.6 Å². The van der Waals surface area contributed by atoms with E-state index >= 15 is 0 Å². The first-order chi connectivity index (χ1) is 9.78. The van der Waals surface area contributed by atoms with Crippen LogP contribution in [0.25, 0.3) is 0 Å². The lowest BCUT2D eigenvalue weighted by molar-refractivity contribution is -0.0328. The van der Waals surface area contributed by atoms with Crippen molar-refractivity contribution >= 4 is 35.1 Å². The van der Waals surface area contributed by atoms with Gasteiger partial charge in [0.1, 0.15) is 5.82 Å². The van der Waals surface area contributed by atoms with Gasteiger partial charge in [0.15, 0.2) is 0 Å². The molecule has 3 nitrogen and oxygen atoms in total. The van der Waals surface area contributed by atoms with E-state index in [0.29, 0.717) is 6.42 Å². The van der Waals surface area contributed by atoms with Crippen LogP contribution in [0.15, 0.2) is 23.1 Å². The fourth-order valence-corrected chi connectivity index (χ4v) is 2.27. The molecule has 1 aromatic rings. The fraction of sp³-hybridized carbons (Fsp3) is 0.417. The molecule has 2 amide bonds. The zero-order valence-electron chi connectivity index (χ0n) is 11.0. The smallest absolute Gasteiger partial charge is 0.341 e. The summed E-state index contributed by atoms with van der Waals surface area (Å²) in [4.78, 5) is 12.5. The molecule has 0 fully saturated rings. The van der Waals surface area contributed by atoms with Gasteiger partial charge in [0.2, 0.25) is 0 Å². The Labute approximate surface area is 128 Å². The number of thioether (sulfide) groups is 1. The number of urea groups is 1. The Morgan fingerprint density at radius 3 is 2.57 bits per heavy atom. The second kappa shape index (κ2) is 7.74. The average Bonchev–Trinajstić information content (AvgIpc) is 2.38.